The van der Waals surface area contributed by atoms with E-state index >= 15 is 0 Å². The van der Waals surface area contributed by atoms with E-state index in [9.17, 15) is 0 Å². The van der Waals surface area contributed by atoms with E-state index in [2.05, 4.69) is 24.8 Å². The zero-order valence-electron chi connectivity index (χ0n) is 12.7. The molecule has 0 heterocycles. The predicted octanol–water partition coefficient (Wildman–Crippen LogP) is 2.59. The van der Waals surface area contributed by atoms with E-state index in [4.69, 9.17) is 27.4 Å². The van der Waals surface area contributed by atoms with Crippen molar-refractivity contribution < 1.29 is 9.47 Å². The van der Waals surface area contributed by atoms with E-state index in [0.29, 0.717) is 11.0 Å². The topological polar surface area (TPSA) is 47.7 Å². The molecule has 0 amide bonds. The van der Waals surface area contributed by atoms with Crippen LogP contribution in [0.3, 0.4) is 0 Å². The summed E-state index contributed by atoms with van der Waals surface area (Å²) in [6, 6.07) is 6.42. The fourth-order valence-electron chi connectivity index (χ4n) is 1.99. The molecule has 0 radical (unpaired) electrons. The summed E-state index contributed by atoms with van der Waals surface area (Å²) in [5.41, 5.74) is 6.77. The Hall–Kier alpha value is -1.33. The number of hydrogen-bond acceptors (Lipinski definition) is 4. The minimum Gasteiger partial charge on any atom is -0.493 e. The molecule has 0 saturated heterocycles. The summed E-state index contributed by atoms with van der Waals surface area (Å²) < 4.78 is 10.6. The summed E-state index contributed by atoms with van der Waals surface area (Å²) >= 11 is 4.95. The van der Waals surface area contributed by atoms with Crippen LogP contribution < -0.4 is 15.2 Å². The van der Waals surface area contributed by atoms with Crippen molar-refractivity contribution in [2.24, 2.45) is 5.73 Å². The Kier molecular flexibility index (Phi) is 6.75. The third-order valence-electron chi connectivity index (χ3n) is 3.21. The molecular weight excluding hydrogens is 272 g/mol. The molecule has 1 aromatic rings. The van der Waals surface area contributed by atoms with Gasteiger partial charge in [0.25, 0.3) is 0 Å². The molecule has 0 aliphatic carbocycles. The van der Waals surface area contributed by atoms with Gasteiger partial charge in [-0.1, -0.05) is 18.3 Å². The van der Waals surface area contributed by atoms with Crippen LogP contribution in [0, 0.1) is 0 Å². The normalized spacial score (nSPS) is 10.9. The number of rotatable bonds is 8. The lowest BCUT2D eigenvalue weighted by molar-refractivity contribution is 0.219. The Balaban J connectivity index is 2.80. The third kappa shape index (κ3) is 4.98. The standard InChI is InChI=1S/C15H24N2O2S/c1-11(2)17(8-7-15(16)20)10-12-5-6-13(18-3)14(9-12)19-4/h5-6,9,11H,7-8,10H2,1-4H3,(H2,16,20). The molecule has 0 bridgehead atoms. The van der Waals surface area contributed by atoms with Crippen LogP contribution in [0.15, 0.2) is 18.2 Å². The van der Waals surface area contributed by atoms with Crippen molar-refractivity contribution in [2.75, 3.05) is 20.8 Å². The maximum atomic E-state index is 5.59. The molecule has 0 atom stereocenters. The Morgan fingerprint density at radius 1 is 1.25 bits per heavy atom. The van der Waals surface area contributed by atoms with Gasteiger partial charge in [0.15, 0.2) is 11.5 Å². The average molecular weight is 296 g/mol. The van der Waals surface area contributed by atoms with E-state index < -0.39 is 0 Å². The van der Waals surface area contributed by atoms with Crippen LogP contribution in [0.25, 0.3) is 0 Å². The molecule has 0 saturated carbocycles. The molecule has 5 heteroatoms. The van der Waals surface area contributed by atoms with Crippen LogP contribution in [0.2, 0.25) is 0 Å². The SMILES string of the molecule is COc1ccc(CN(CCC(N)=S)C(C)C)cc1OC. The number of methoxy groups -OCH3 is 2. The molecule has 0 aliphatic heterocycles. The summed E-state index contributed by atoms with van der Waals surface area (Å²) in [6.07, 6.45) is 0.737. The second kappa shape index (κ2) is 8.07. The van der Waals surface area contributed by atoms with E-state index in [-0.39, 0.29) is 0 Å². The van der Waals surface area contributed by atoms with Gasteiger partial charge >= 0.3 is 0 Å². The van der Waals surface area contributed by atoms with Gasteiger partial charge in [0, 0.05) is 25.6 Å². The lowest BCUT2D eigenvalue weighted by Gasteiger charge is -2.26. The van der Waals surface area contributed by atoms with Crippen molar-refractivity contribution in [1.29, 1.82) is 0 Å². The van der Waals surface area contributed by atoms with E-state index in [0.717, 1.165) is 31.0 Å². The van der Waals surface area contributed by atoms with E-state index in [1.807, 2.05) is 12.1 Å². The zero-order valence-corrected chi connectivity index (χ0v) is 13.5. The van der Waals surface area contributed by atoms with E-state index in [1.54, 1.807) is 14.2 Å². The number of benzene rings is 1. The van der Waals surface area contributed by atoms with Crippen molar-refractivity contribution in [3.8, 4) is 11.5 Å². The minimum atomic E-state index is 0.428. The molecule has 112 valence electrons. The Morgan fingerprint density at radius 2 is 1.90 bits per heavy atom. The molecule has 20 heavy (non-hydrogen) atoms. The molecule has 0 spiro atoms. The first kappa shape index (κ1) is 16.7. The maximum absolute atomic E-state index is 5.59. The highest BCUT2D eigenvalue weighted by Crippen LogP contribution is 2.28. The zero-order chi connectivity index (χ0) is 15.1. The number of ether oxygens (including phenoxy) is 2. The number of thiocarbonyl (C=S) groups is 1. The molecule has 0 aromatic heterocycles. The van der Waals surface area contributed by atoms with Crippen molar-refractivity contribution in [3.05, 3.63) is 23.8 Å². The molecule has 0 unspecified atom stereocenters. The van der Waals surface area contributed by atoms with Crippen LogP contribution >= 0.6 is 12.2 Å². The van der Waals surface area contributed by atoms with E-state index in [1.165, 1.54) is 5.56 Å². The fraction of sp³-hybridized carbons (Fsp3) is 0.533. The van der Waals surface area contributed by atoms with Crippen molar-refractivity contribution in [3.63, 3.8) is 0 Å². The van der Waals surface area contributed by atoms with Gasteiger partial charge in [-0.25, -0.2) is 0 Å². The van der Waals surface area contributed by atoms with Gasteiger partial charge < -0.3 is 15.2 Å². The summed E-state index contributed by atoms with van der Waals surface area (Å²) in [6.45, 7) is 6.03. The highest BCUT2D eigenvalue weighted by molar-refractivity contribution is 7.80. The molecule has 1 aromatic carbocycles. The number of nitrogens with two attached hydrogens (primary N) is 1. The monoisotopic (exact) mass is 296 g/mol. The van der Waals surface area contributed by atoms with Gasteiger partial charge in [-0.05, 0) is 31.5 Å². The Bertz CT molecular complexity index is 449. The Morgan fingerprint density at radius 3 is 2.40 bits per heavy atom. The highest BCUT2D eigenvalue weighted by atomic mass is 32.1. The molecular formula is C15H24N2O2S. The summed E-state index contributed by atoms with van der Waals surface area (Å²) in [4.78, 5) is 2.89. The first-order valence-corrected chi connectivity index (χ1v) is 7.12. The molecule has 0 fully saturated rings. The Labute approximate surface area is 126 Å². The van der Waals surface area contributed by atoms with Crippen LogP contribution in [0.1, 0.15) is 25.8 Å². The van der Waals surface area contributed by atoms with Crippen molar-refractivity contribution >= 4 is 17.2 Å². The van der Waals surface area contributed by atoms with Gasteiger partial charge in [0.2, 0.25) is 0 Å². The maximum Gasteiger partial charge on any atom is 0.161 e. The second-order valence-corrected chi connectivity index (χ2v) is 5.49. The van der Waals surface area contributed by atoms with Crippen LogP contribution in [-0.4, -0.2) is 36.7 Å². The molecule has 4 nitrogen and oxygen atoms in total. The molecule has 1 rings (SSSR count). The number of nitrogens with zero attached hydrogens (tertiary/aromatic N) is 1. The summed E-state index contributed by atoms with van der Waals surface area (Å²) in [7, 11) is 3.29. The lowest BCUT2D eigenvalue weighted by Crippen LogP contribution is -2.33. The van der Waals surface area contributed by atoms with Crippen molar-refractivity contribution in [1.82, 2.24) is 4.90 Å². The largest absolute Gasteiger partial charge is 0.493 e. The predicted molar refractivity (Wildman–Crippen MR) is 86.5 cm³/mol. The average Bonchev–Trinajstić information content (AvgIpc) is 2.42. The van der Waals surface area contributed by atoms with Crippen molar-refractivity contribution in [2.45, 2.75) is 32.9 Å². The lowest BCUT2D eigenvalue weighted by atomic mass is 10.1. The highest BCUT2D eigenvalue weighted by Gasteiger charge is 2.12. The van der Waals surface area contributed by atoms with Gasteiger partial charge in [-0.3, -0.25) is 4.90 Å². The first-order chi connectivity index (χ1) is 9.47. The smallest absolute Gasteiger partial charge is 0.161 e. The van der Waals surface area contributed by atoms with Crippen LogP contribution in [-0.2, 0) is 6.54 Å². The van der Waals surface area contributed by atoms with Gasteiger partial charge in [0.05, 0.1) is 19.2 Å². The second-order valence-electron chi connectivity index (χ2n) is 4.97. The summed E-state index contributed by atoms with van der Waals surface area (Å²) in [5, 5.41) is 0. The quantitative estimate of drug-likeness (QED) is 0.747. The number of hydrogen-bond donors (Lipinski definition) is 1. The van der Waals surface area contributed by atoms with Gasteiger partial charge in [0.1, 0.15) is 0 Å². The first-order valence-electron chi connectivity index (χ1n) is 6.71. The van der Waals surface area contributed by atoms with Crippen LogP contribution in [0.5, 0.6) is 11.5 Å². The third-order valence-corrected chi connectivity index (χ3v) is 3.41. The molecule has 0 aliphatic rings. The minimum absolute atomic E-state index is 0.428. The summed E-state index contributed by atoms with van der Waals surface area (Å²) in [5.74, 6) is 1.50. The van der Waals surface area contributed by atoms with Gasteiger partial charge in [-0.15, -0.1) is 0 Å². The fourth-order valence-corrected chi connectivity index (χ4v) is 2.08. The van der Waals surface area contributed by atoms with Crippen LogP contribution in [0.4, 0.5) is 0 Å². The van der Waals surface area contributed by atoms with Gasteiger partial charge in [-0.2, -0.15) is 0 Å². The molecule has 2 N–H and O–H groups in total.